The Balaban J connectivity index is 2.21. The van der Waals surface area contributed by atoms with E-state index in [0.29, 0.717) is 0 Å². The molecule has 1 aromatic heterocycles. The number of aromatic amines is 1. The van der Waals surface area contributed by atoms with Crippen LogP contribution in [-0.4, -0.2) is 4.98 Å². The molecule has 0 amide bonds. The quantitative estimate of drug-likeness (QED) is 0.637. The highest BCUT2D eigenvalue weighted by atomic mass is 14.7. The fourth-order valence-electron chi connectivity index (χ4n) is 2.94. The molecule has 1 aromatic carbocycles. The number of benzene rings is 1. The largest absolute Gasteiger partial charge is 0.358 e. The van der Waals surface area contributed by atoms with E-state index in [2.05, 4.69) is 37.0 Å². The molecule has 0 saturated carbocycles. The minimum absolute atomic E-state index is 0.834. The number of nitrogens with one attached hydrogen (secondary N) is 1. The predicted octanol–water partition coefficient (Wildman–Crippen LogP) is 3.99. The number of aromatic nitrogens is 1. The first-order valence-corrected chi connectivity index (χ1v) is 6.34. The Hall–Kier alpha value is -1.24. The molecule has 1 nitrogen and oxygen atoms in total. The van der Waals surface area contributed by atoms with Gasteiger partial charge in [-0.1, -0.05) is 25.0 Å². The lowest BCUT2D eigenvalue weighted by molar-refractivity contribution is 0.527. The lowest BCUT2D eigenvalue weighted by Gasteiger charge is -2.06. The molecule has 0 fully saturated rings. The fourth-order valence-corrected chi connectivity index (χ4v) is 2.94. The van der Waals surface area contributed by atoms with Crippen LogP contribution in [0.5, 0.6) is 0 Å². The third kappa shape index (κ3) is 1.55. The van der Waals surface area contributed by atoms with Gasteiger partial charge >= 0.3 is 0 Å². The van der Waals surface area contributed by atoms with Gasteiger partial charge in [-0.05, 0) is 49.8 Å². The predicted molar refractivity (Wildman–Crippen MR) is 68.8 cm³/mol. The maximum Gasteiger partial charge on any atom is 0.0459 e. The Morgan fingerprint density at radius 3 is 3.06 bits per heavy atom. The number of hydrogen-bond acceptors (Lipinski definition) is 0. The molecule has 1 heterocycles. The molecule has 1 unspecified atom stereocenters. The van der Waals surface area contributed by atoms with Crippen molar-refractivity contribution in [3.05, 3.63) is 35.0 Å². The van der Waals surface area contributed by atoms with Gasteiger partial charge in [-0.2, -0.15) is 0 Å². The summed E-state index contributed by atoms with van der Waals surface area (Å²) in [6.07, 6.45) is 5.18. The van der Waals surface area contributed by atoms with Crippen LogP contribution in [0, 0.1) is 12.8 Å². The van der Waals surface area contributed by atoms with Crippen LogP contribution in [-0.2, 0) is 12.8 Å². The van der Waals surface area contributed by atoms with E-state index < -0.39 is 0 Å². The number of H-pyrrole nitrogens is 1. The summed E-state index contributed by atoms with van der Waals surface area (Å²) in [5.74, 6) is 0.834. The van der Waals surface area contributed by atoms with Crippen molar-refractivity contribution in [1.29, 1.82) is 0 Å². The average Bonchev–Trinajstić information content (AvgIpc) is 2.47. The number of fused-ring (bicyclic) bond motifs is 3. The molecule has 1 atom stereocenters. The van der Waals surface area contributed by atoms with E-state index in [4.69, 9.17) is 0 Å². The Morgan fingerprint density at radius 2 is 2.19 bits per heavy atom. The summed E-state index contributed by atoms with van der Waals surface area (Å²) in [5, 5.41) is 1.46. The van der Waals surface area contributed by atoms with Gasteiger partial charge in [0.1, 0.15) is 0 Å². The summed E-state index contributed by atoms with van der Waals surface area (Å²) in [6.45, 7) is 4.56. The van der Waals surface area contributed by atoms with E-state index in [1.54, 1.807) is 5.56 Å². The van der Waals surface area contributed by atoms with Gasteiger partial charge in [0.25, 0.3) is 0 Å². The van der Waals surface area contributed by atoms with Crippen molar-refractivity contribution in [1.82, 2.24) is 4.98 Å². The molecule has 16 heavy (non-hydrogen) atoms. The van der Waals surface area contributed by atoms with Gasteiger partial charge in [-0.25, -0.2) is 0 Å². The molecule has 0 radical (unpaired) electrons. The van der Waals surface area contributed by atoms with Gasteiger partial charge < -0.3 is 4.98 Å². The highest BCUT2D eigenvalue weighted by molar-refractivity contribution is 5.85. The van der Waals surface area contributed by atoms with Crippen LogP contribution in [0.1, 0.15) is 36.6 Å². The van der Waals surface area contributed by atoms with E-state index in [1.807, 2.05) is 0 Å². The highest BCUT2D eigenvalue weighted by Crippen LogP contribution is 2.31. The SMILES string of the molecule is Cc1ccc2[nH]c3c(c2c1)CC(C)CCC3. The van der Waals surface area contributed by atoms with E-state index in [-0.39, 0.29) is 0 Å². The highest BCUT2D eigenvalue weighted by Gasteiger charge is 2.17. The third-order valence-electron chi connectivity index (χ3n) is 3.83. The minimum atomic E-state index is 0.834. The van der Waals surface area contributed by atoms with Crippen molar-refractivity contribution in [2.24, 2.45) is 5.92 Å². The number of hydrogen-bond donors (Lipinski definition) is 1. The van der Waals surface area contributed by atoms with E-state index >= 15 is 0 Å². The zero-order valence-corrected chi connectivity index (χ0v) is 10.1. The molecule has 1 heteroatoms. The molecule has 1 N–H and O–H groups in total. The Labute approximate surface area is 96.9 Å². The second kappa shape index (κ2) is 3.65. The molecule has 1 aliphatic rings. The topological polar surface area (TPSA) is 15.8 Å². The van der Waals surface area contributed by atoms with Crippen molar-refractivity contribution in [3.8, 4) is 0 Å². The summed E-state index contributed by atoms with van der Waals surface area (Å²) in [7, 11) is 0. The molecule has 3 rings (SSSR count). The molecule has 0 saturated heterocycles. The first-order chi connectivity index (χ1) is 7.74. The normalized spacial score (nSPS) is 20.8. The molecule has 2 aromatic rings. The van der Waals surface area contributed by atoms with Gasteiger partial charge in [0.05, 0.1) is 0 Å². The third-order valence-corrected chi connectivity index (χ3v) is 3.83. The fraction of sp³-hybridized carbons (Fsp3) is 0.467. The summed E-state index contributed by atoms with van der Waals surface area (Å²) in [5.41, 5.74) is 5.77. The zero-order valence-electron chi connectivity index (χ0n) is 10.1. The van der Waals surface area contributed by atoms with Crippen LogP contribution in [0.2, 0.25) is 0 Å². The van der Waals surface area contributed by atoms with Crippen LogP contribution >= 0.6 is 0 Å². The monoisotopic (exact) mass is 213 g/mol. The molecule has 0 bridgehead atoms. The van der Waals surface area contributed by atoms with Crippen molar-refractivity contribution >= 4 is 10.9 Å². The maximum atomic E-state index is 3.60. The lowest BCUT2D eigenvalue weighted by atomic mass is 9.98. The van der Waals surface area contributed by atoms with Crippen LogP contribution in [0.4, 0.5) is 0 Å². The second-order valence-corrected chi connectivity index (χ2v) is 5.33. The van der Waals surface area contributed by atoms with Gasteiger partial charge in [-0.15, -0.1) is 0 Å². The molecule has 0 spiro atoms. The second-order valence-electron chi connectivity index (χ2n) is 5.33. The molecule has 0 aliphatic heterocycles. The number of aryl methyl sites for hydroxylation is 2. The van der Waals surface area contributed by atoms with Gasteiger partial charge in [-0.3, -0.25) is 0 Å². The van der Waals surface area contributed by atoms with Crippen molar-refractivity contribution in [2.75, 3.05) is 0 Å². The Morgan fingerprint density at radius 1 is 1.31 bits per heavy atom. The van der Waals surface area contributed by atoms with Crippen LogP contribution in [0.25, 0.3) is 10.9 Å². The number of rotatable bonds is 0. The minimum Gasteiger partial charge on any atom is -0.358 e. The van der Waals surface area contributed by atoms with Crippen LogP contribution < -0.4 is 0 Å². The van der Waals surface area contributed by atoms with E-state index in [0.717, 1.165) is 5.92 Å². The zero-order chi connectivity index (χ0) is 11.1. The van der Waals surface area contributed by atoms with Crippen molar-refractivity contribution < 1.29 is 0 Å². The van der Waals surface area contributed by atoms with E-state index in [9.17, 15) is 0 Å². The van der Waals surface area contributed by atoms with E-state index in [1.165, 1.54) is 47.8 Å². The Bertz CT molecular complexity index is 521. The molecule has 1 aliphatic carbocycles. The standard InChI is InChI=1S/C15H19N/c1-10-4-3-5-14-12(8-10)13-9-11(2)6-7-15(13)16-14/h6-7,9-10,16H,3-5,8H2,1-2H3. The smallest absolute Gasteiger partial charge is 0.0459 e. The van der Waals surface area contributed by atoms with Crippen molar-refractivity contribution in [2.45, 2.75) is 39.5 Å². The van der Waals surface area contributed by atoms with Crippen LogP contribution in [0.15, 0.2) is 18.2 Å². The first-order valence-electron chi connectivity index (χ1n) is 6.34. The van der Waals surface area contributed by atoms with Gasteiger partial charge in [0.15, 0.2) is 0 Å². The first kappa shape index (κ1) is 9.95. The molecular weight excluding hydrogens is 194 g/mol. The average molecular weight is 213 g/mol. The van der Waals surface area contributed by atoms with Gasteiger partial charge in [0, 0.05) is 16.6 Å². The summed E-state index contributed by atoms with van der Waals surface area (Å²) < 4.78 is 0. The van der Waals surface area contributed by atoms with Gasteiger partial charge in [0.2, 0.25) is 0 Å². The molecule has 84 valence electrons. The summed E-state index contributed by atoms with van der Waals surface area (Å²) >= 11 is 0. The summed E-state index contributed by atoms with van der Waals surface area (Å²) in [6, 6.07) is 6.76. The van der Waals surface area contributed by atoms with Crippen LogP contribution in [0.3, 0.4) is 0 Å². The van der Waals surface area contributed by atoms with Crippen molar-refractivity contribution in [3.63, 3.8) is 0 Å². The Kier molecular flexibility index (Phi) is 2.27. The lowest BCUT2D eigenvalue weighted by Crippen LogP contribution is -1.96. The maximum absolute atomic E-state index is 3.60. The molecular formula is C15H19N. The summed E-state index contributed by atoms with van der Waals surface area (Å²) in [4.78, 5) is 3.60.